The molecule has 0 aromatic carbocycles. The topological polar surface area (TPSA) is 57.0 Å². The standard InChI is InChI=1S/C8H13N3O2/c1-7-10-9-6-11(7)5-3-4-8(12)13-2/h6H,3-5H2,1-2H3. The van der Waals surface area contributed by atoms with Gasteiger partial charge in [0.05, 0.1) is 7.11 Å². The van der Waals surface area contributed by atoms with Gasteiger partial charge in [-0.3, -0.25) is 4.79 Å². The number of aryl methyl sites for hydroxylation is 2. The lowest BCUT2D eigenvalue weighted by atomic mass is 10.3. The molecule has 0 atom stereocenters. The fourth-order valence-electron chi connectivity index (χ4n) is 1.03. The first-order valence-corrected chi connectivity index (χ1v) is 4.15. The van der Waals surface area contributed by atoms with Gasteiger partial charge in [-0.15, -0.1) is 10.2 Å². The van der Waals surface area contributed by atoms with Gasteiger partial charge >= 0.3 is 5.97 Å². The molecule has 72 valence electrons. The van der Waals surface area contributed by atoms with Crippen LogP contribution in [0.2, 0.25) is 0 Å². The van der Waals surface area contributed by atoms with Crippen molar-refractivity contribution in [1.29, 1.82) is 0 Å². The Hall–Kier alpha value is -1.39. The van der Waals surface area contributed by atoms with Crippen LogP contribution in [0.3, 0.4) is 0 Å². The molecule has 1 rings (SSSR count). The number of hydrogen-bond donors (Lipinski definition) is 0. The van der Waals surface area contributed by atoms with Crippen LogP contribution >= 0.6 is 0 Å². The quantitative estimate of drug-likeness (QED) is 0.639. The van der Waals surface area contributed by atoms with E-state index in [9.17, 15) is 4.79 Å². The summed E-state index contributed by atoms with van der Waals surface area (Å²) in [5.41, 5.74) is 0. The molecule has 5 nitrogen and oxygen atoms in total. The number of carbonyl (C=O) groups is 1. The first-order chi connectivity index (χ1) is 6.24. The van der Waals surface area contributed by atoms with Crippen LogP contribution in [-0.4, -0.2) is 27.8 Å². The number of rotatable bonds is 4. The maximum atomic E-state index is 10.8. The Balaban J connectivity index is 2.28. The number of methoxy groups -OCH3 is 1. The van der Waals surface area contributed by atoms with E-state index < -0.39 is 0 Å². The molecule has 0 unspecified atom stereocenters. The van der Waals surface area contributed by atoms with Crippen LogP contribution in [-0.2, 0) is 16.1 Å². The summed E-state index contributed by atoms with van der Waals surface area (Å²) in [4.78, 5) is 10.8. The van der Waals surface area contributed by atoms with Crippen LogP contribution in [0.15, 0.2) is 6.33 Å². The van der Waals surface area contributed by atoms with Gasteiger partial charge < -0.3 is 9.30 Å². The molecule has 0 aliphatic heterocycles. The van der Waals surface area contributed by atoms with Crippen LogP contribution < -0.4 is 0 Å². The summed E-state index contributed by atoms with van der Waals surface area (Å²) < 4.78 is 6.43. The van der Waals surface area contributed by atoms with Crippen molar-refractivity contribution in [2.24, 2.45) is 0 Å². The Labute approximate surface area is 76.7 Å². The first-order valence-electron chi connectivity index (χ1n) is 4.15. The van der Waals surface area contributed by atoms with E-state index in [0.717, 1.165) is 18.8 Å². The summed E-state index contributed by atoms with van der Waals surface area (Å²) >= 11 is 0. The third-order valence-corrected chi connectivity index (χ3v) is 1.82. The van der Waals surface area contributed by atoms with E-state index in [1.807, 2.05) is 11.5 Å². The molecule has 0 saturated heterocycles. The number of hydrogen-bond acceptors (Lipinski definition) is 4. The zero-order valence-electron chi connectivity index (χ0n) is 7.86. The molecule has 1 aromatic rings. The van der Waals surface area contributed by atoms with E-state index in [1.165, 1.54) is 7.11 Å². The molecule has 1 aromatic heterocycles. The molecule has 1 heterocycles. The maximum Gasteiger partial charge on any atom is 0.305 e. The number of aromatic nitrogens is 3. The minimum atomic E-state index is -0.175. The summed E-state index contributed by atoms with van der Waals surface area (Å²) in [6.45, 7) is 2.64. The highest BCUT2D eigenvalue weighted by atomic mass is 16.5. The third-order valence-electron chi connectivity index (χ3n) is 1.82. The lowest BCUT2D eigenvalue weighted by Gasteiger charge is -2.02. The highest BCUT2D eigenvalue weighted by Crippen LogP contribution is 1.98. The number of ether oxygens (including phenoxy) is 1. The molecule has 0 aliphatic rings. The highest BCUT2D eigenvalue weighted by molar-refractivity contribution is 5.68. The lowest BCUT2D eigenvalue weighted by Crippen LogP contribution is -2.04. The van der Waals surface area contributed by atoms with Crippen molar-refractivity contribution in [3.8, 4) is 0 Å². The van der Waals surface area contributed by atoms with E-state index in [0.29, 0.717) is 6.42 Å². The van der Waals surface area contributed by atoms with Gasteiger partial charge in [0.15, 0.2) is 0 Å². The van der Waals surface area contributed by atoms with Crippen LogP contribution in [0.25, 0.3) is 0 Å². The van der Waals surface area contributed by atoms with Crippen LogP contribution in [0, 0.1) is 6.92 Å². The van der Waals surface area contributed by atoms with Crippen molar-refractivity contribution in [1.82, 2.24) is 14.8 Å². The zero-order valence-corrected chi connectivity index (χ0v) is 7.86. The van der Waals surface area contributed by atoms with E-state index in [-0.39, 0.29) is 5.97 Å². The summed E-state index contributed by atoms with van der Waals surface area (Å²) in [7, 11) is 1.40. The predicted octanol–water partition coefficient (Wildman–Crippen LogP) is 0.540. The fraction of sp³-hybridized carbons (Fsp3) is 0.625. The molecular formula is C8H13N3O2. The van der Waals surface area contributed by atoms with Crippen molar-refractivity contribution in [3.05, 3.63) is 12.2 Å². The van der Waals surface area contributed by atoms with Crippen molar-refractivity contribution >= 4 is 5.97 Å². The minimum absolute atomic E-state index is 0.175. The predicted molar refractivity (Wildman–Crippen MR) is 46.0 cm³/mol. The molecule has 0 saturated carbocycles. The monoisotopic (exact) mass is 183 g/mol. The Bertz CT molecular complexity index is 283. The summed E-state index contributed by atoms with van der Waals surface area (Å²) in [6.07, 6.45) is 2.85. The minimum Gasteiger partial charge on any atom is -0.469 e. The highest BCUT2D eigenvalue weighted by Gasteiger charge is 2.01. The Morgan fingerprint density at radius 1 is 1.69 bits per heavy atom. The molecule has 0 amide bonds. The van der Waals surface area contributed by atoms with Crippen LogP contribution in [0.4, 0.5) is 0 Å². The van der Waals surface area contributed by atoms with Crippen LogP contribution in [0.5, 0.6) is 0 Å². The third kappa shape index (κ3) is 2.85. The van der Waals surface area contributed by atoms with Crippen molar-refractivity contribution < 1.29 is 9.53 Å². The summed E-state index contributed by atoms with van der Waals surface area (Å²) in [5.74, 6) is 0.690. The Morgan fingerprint density at radius 3 is 3.00 bits per heavy atom. The van der Waals surface area contributed by atoms with Gasteiger partial charge in [-0.2, -0.15) is 0 Å². The number of nitrogens with zero attached hydrogens (tertiary/aromatic N) is 3. The Morgan fingerprint density at radius 2 is 2.46 bits per heavy atom. The van der Waals surface area contributed by atoms with Crippen LogP contribution in [0.1, 0.15) is 18.7 Å². The van der Waals surface area contributed by atoms with Gasteiger partial charge in [0.2, 0.25) is 0 Å². The van der Waals surface area contributed by atoms with E-state index >= 15 is 0 Å². The number of carbonyl (C=O) groups excluding carboxylic acids is 1. The van der Waals surface area contributed by atoms with Gasteiger partial charge in [-0.1, -0.05) is 0 Å². The summed E-state index contributed by atoms with van der Waals surface area (Å²) in [6, 6.07) is 0. The average molecular weight is 183 g/mol. The van der Waals surface area contributed by atoms with E-state index in [1.54, 1.807) is 6.33 Å². The largest absolute Gasteiger partial charge is 0.469 e. The molecule has 5 heteroatoms. The molecule has 0 bridgehead atoms. The fourth-order valence-corrected chi connectivity index (χ4v) is 1.03. The second-order valence-electron chi connectivity index (χ2n) is 2.75. The smallest absolute Gasteiger partial charge is 0.305 e. The van der Waals surface area contributed by atoms with Crippen molar-refractivity contribution in [3.63, 3.8) is 0 Å². The van der Waals surface area contributed by atoms with E-state index in [4.69, 9.17) is 0 Å². The van der Waals surface area contributed by atoms with Gasteiger partial charge in [0, 0.05) is 13.0 Å². The first kappa shape index (κ1) is 9.70. The zero-order chi connectivity index (χ0) is 9.68. The van der Waals surface area contributed by atoms with Crippen molar-refractivity contribution in [2.45, 2.75) is 26.3 Å². The molecule has 0 fully saturated rings. The molecule has 0 aliphatic carbocycles. The molecule has 0 radical (unpaired) electrons. The summed E-state index contributed by atoms with van der Waals surface area (Å²) in [5, 5.41) is 7.57. The maximum absolute atomic E-state index is 10.8. The van der Waals surface area contributed by atoms with Gasteiger partial charge in [-0.05, 0) is 13.3 Å². The molecular weight excluding hydrogens is 170 g/mol. The van der Waals surface area contributed by atoms with Gasteiger partial charge in [-0.25, -0.2) is 0 Å². The lowest BCUT2D eigenvalue weighted by molar-refractivity contribution is -0.140. The second-order valence-corrected chi connectivity index (χ2v) is 2.75. The molecule has 0 spiro atoms. The second kappa shape index (κ2) is 4.59. The SMILES string of the molecule is COC(=O)CCCn1cnnc1C. The van der Waals surface area contributed by atoms with E-state index in [2.05, 4.69) is 14.9 Å². The average Bonchev–Trinajstić information content (AvgIpc) is 2.52. The van der Waals surface area contributed by atoms with Crippen molar-refractivity contribution in [2.75, 3.05) is 7.11 Å². The number of esters is 1. The van der Waals surface area contributed by atoms with Gasteiger partial charge in [0.25, 0.3) is 0 Å². The normalized spacial score (nSPS) is 10.0. The molecule has 13 heavy (non-hydrogen) atoms. The van der Waals surface area contributed by atoms with Gasteiger partial charge in [0.1, 0.15) is 12.2 Å². The molecule has 0 N–H and O–H groups in total. The Kier molecular flexibility index (Phi) is 3.42.